The van der Waals surface area contributed by atoms with E-state index in [4.69, 9.17) is 0 Å². The van der Waals surface area contributed by atoms with Crippen LogP contribution < -0.4 is 5.32 Å². The number of hydrogen-bond acceptors (Lipinski definition) is 4. The molecule has 1 unspecified atom stereocenters. The highest BCUT2D eigenvalue weighted by Gasteiger charge is 2.32. The smallest absolute Gasteiger partial charge is 0.262 e. The van der Waals surface area contributed by atoms with Crippen LogP contribution >= 0.6 is 0 Å². The lowest BCUT2D eigenvalue weighted by Gasteiger charge is -2.25. The molecule has 1 aromatic heterocycles. The van der Waals surface area contributed by atoms with Crippen molar-refractivity contribution in [3.8, 4) is 0 Å². The van der Waals surface area contributed by atoms with Gasteiger partial charge in [-0.15, -0.1) is 0 Å². The standard InChI is InChI=1S/C14H28N4O2S/c1-7-11(5)18(8-2)21(19,20)14-13(9-15-10(3)4)12(6)16-17-14/h10-11,15H,7-9H2,1-6H3,(H,16,17). The van der Waals surface area contributed by atoms with E-state index >= 15 is 0 Å². The molecule has 0 aromatic carbocycles. The van der Waals surface area contributed by atoms with Crippen molar-refractivity contribution < 1.29 is 8.42 Å². The maximum atomic E-state index is 12.9. The van der Waals surface area contributed by atoms with Gasteiger partial charge in [-0.25, -0.2) is 8.42 Å². The molecule has 0 aliphatic carbocycles. The largest absolute Gasteiger partial charge is 0.310 e. The summed E-state index contributed by atoms with van der Waals surface area (Å²) in [6.45, 7) is 12.6. The van der Waals surface area contributed by atoms with E-state index in [-0.39, 0.29) is 17.1 Å². The zero-order valence-electron chi connectivity index (χ0n) is 13.9. The van der Waals surface area contributed by atoms with Crippen LogP contribution in [0, 0.1) is 6.92 Å². The van der Waals surface area contributed by atoms with Gasteiger partial charge < -0.3 is 5.32 Å². The van der Waals surface area contributed by atoms with Crippen LogP contribution in [-0.4, -0.2) is 41.5 Å². The third-order valence-corrected chi connectivity index (χ3v) is 5.73. The van der Waals surface area contributed by atoms with Gasteiger partial charge in [-0.3, -0.25) is 5.10 Å². The van der Waals surface area contributed by atoms with E-state index in [0.717, 1.165) is 17.7 Å². The number of nitrogens with zero attached hydrogens (tertiary/aromatic N) is 2. The molecule has 0 bridgehead atoms. The van der Waals surface area contributed by atoms with E-state index < -0.39 is 10.0 Å². The van der Waals surface area contributed by atoms with E-state index in [1.54, 1.807) is 0 Å². The second kappa shape index (κ2) is 7.38. The van der Waals surface area contributed by atoms with Gasteiger partial charge in [-0.2, -0.15) is 9.40 Å². The summed E-state index contributed by atoms with van der Waals surface area (Å²) in [5, 5.41) is 10.3. The lowest BCUT2D eigenvalue weighted by atomic mass is 10.2. The molecule has 1 atom stereocenters. The summed E-state index contributed by atoms with van der Waals surface area (Å²) in [5.74, 6) is 0. The molecule has 0 radical (unpaired) electrons. The minimum atomic E-state index is -3.57. The van der Waals surface area contributed by atoms with E-state index in [1.165, 1.54) is 4.31 Å². The monoisotopic (exact) mass is 316 g/mol. The molecule has 6 nitrogen and oxygen atoms in total. The fraction of sp³-hybridized carbons (Fsp3) is 0.786. The van der Waals surface area contributed by atoms with Crippen LogP contribution in [-0.2, 0) is 16.6 Å². The Morgan fingerprint density at radius 3 is 2.38 bits per heavy atom. The number of sulfonamides is 1. The average Bonchev–Trinajstić information content (AvgIpc) is 2.78. The Labute approximate surface area is 128 Å². The van der Waals surface area contributed by atoms with Gasteiger partial charge in [0.25, 0.3) is 10.0 Å². The van der Waals surface area contributed by atoms with Gasteiger partial charge in [0.2, 0.25) is 0 Å². The Balaban J connectivity index is 3.19. The number of nitrogens with one attached hydrogen (secondary N) is 2. The Hall–Kier alpha value is -0.920. The molecular weight excluding hydrogens is 288 g/mol. The summed E-state index contributed by atoms with van der Waals surface area (Å²) in [6, 6.07) is 0.245. The van der Waals surface area contributed by atoms with Gasteiger partial charge in [0.1, 0.15) is 0 Å². The predicted molar refractivity (Wildman–Crippen MR) is 84.6 cm³/mol. The number of hydrogen-bond donors (Lipinski definition) is 2. The van der Waals surface area contributed by atoms with E-state index in [9.17, 15) is 8.42 Å². The zero-order valence-corrected chi connectivity index (χ0v) is 14.7. The highest BCUT2D eigenvalue weighted by atomic mass is 32.2. The summed E-state index contributed by atoms with van der Waals surface area (Å²) in [7, 11) is -3.57. The molecule has 2 N–H and O–H groups in total. The molecule has 1 aromatic rings. The lowest BCUT2D eigenvalue weighted by molar-refractivity contribution is 0.341. The minimum Gasteiger partial charge on any atom is -0.310 e. The second-order valence-electron chi connectivity index (χ2n) is 5.63. The van der Waals surface area contributed by atoms with E-state index in [2.05, 4.69) is 15.5 Å². The number of H-pyrrole nitrogens is 1. The lowest BCUT2D eigenvalue weighted by Crippen LogP contribution is -2.39. The van der Waals surface area contributed by atoms with Crippen molar-refractivity contribution in [2.24, 2.45) is 0 Å². The Morgan fingerprint density at radius 2 is 1.90 bits per heavy atom. The highest BCUT2D eigenvalue weighted by Crippen LogP contribution is 2.23. The number of aromatic nitrogens is 2. The van der Waals surface area contributed by atoms with Gasteiger partial charge in [0.15, 0.2) is 5.03 Å². The van der Waals surface area contributed by atoms with Crippen molar-refractivity contribution in [1.29, 1.82) is 0 Å². The highest BCUT2D eigenvalue weighted by molar-refractivity contribution is 7.89. The Morgan fingerprint density at radius 1 is 1.29 bits per heavy atom. The minimum absolute atomic E-state index is 0.0390. The predicted octanol–water partition coefficient (Wildman–Crippen LogP) is 2.03. The first kappa shape index (κ1) is 18.1. The molecular formula is C14H28N4O2S. The Bertz CT molecular complexity index is 551. The van der Waals surface area contributed by atoms with Crippen molar-refractivity contribution in [2.45, 2.75) is 71.6 Å². The average molecular weight is 316 g/mol. The quantitative estimate of drug-likeness (QED) is 0.769. The third-order valence-electron chi connectivity index (χ3n) is 3.67. The molecule has 122 valence electrons. The van der Waals surface area contributed by atoms with Crippen molar-refractivity contribution in [1.82, 2.24) is 19.8 Å². The first-order chi connectivity index (χ1) is 9.75. The molecule has 7 heteroatoms. The van der Waals surface area contributed by atoms with Gasteiger partial charge in [0.05, 0.1) is 0 Å². The zero-order chi connectivity index (χ0) is 16.2. The molecule has 0 saturated heterocycles. The van der Waals surface area contributed by atoms with Crippen molar-refractivity contribution in [3.63, 3.8) is 0 Å². The summed E-state index contributed by atoms with van der Waals surface area (Å²) in [6.07, 6.45) is 0.774. The first-order valence-electron chi connectivity index (χ1n) is 7.54. The summed E-state index contributed by atoms with van der Waals surface area (Å²) < 4.78 is 27.2. The third kappa shape index (κ3) is 4.05. The molecule has 0 spiro atoms. The van der Waals surface area contributed by atoms with Crippen LogP contribution in [0.1, 0.15) is 52.3 Å². The first-order valence-corrected chi connectivity index (χ1v) is 8.98. The fourth-order valence-corrected chi connectivity index (χ4v) is 4.07. The molecule has 0 saturated carbocycles. The molecule has 0 amide bonds. The molecule has 1 heterocycles. The molecule has 1 rings (SSSR count). The van der Waals surface area contributed by atoms with E-state index in [1.807, 2.05) is 41.5 Å². The van der Waals surface area contributed by atoms with Crippen LogP contribution in [0.15, 0.2) is 5.03 Å². The van der Waals surface area contributed by atoms with Crippen molar-refractivity contribution in [2.75, 3.05) is 6.54 Å². The molecule has 0 fully saturated rings. The van der Waals surface area contributed by atoms with Gasteiger partial charge in [-0.05, 0) is 20.3 Å². The van der Waals surface area contributed by atoms with Crippen LogP contribution in [0.2, 0.25) is 0 Å². The normalized spacial score (nSPS) is 14.1. The van der Waals surface area contributed by atoms with Crippen LogP contribution in [0.5, 0.6) is 0 Å². The maximum absolute atomic E-state index is 12.9. The van der Waals surface area contributed by atoms with Crippen molar-refractivity contribution in [3.05, 3.63) is 11.3 Å². The molecule has 0 aliphatic heterocycles. The topological polar surface area (TPSA) is 78.1 Å². The second-order valence-corrected chi connectivity index (χ2v) is 7.44. The number of aryl methyl sites for hydroxylation is 1. The fourth-order valence-electron chi connectivity index (χ4n) is 2.19. The van der Waals surface area contributed by atoms with Crippen LogP contribution in [0.4, 0.5) is 0 Å². The van der Waals surface area contributed by atoms with E-state index in [0.29, 0.717) is 13.1 Å². The number of rotatable bonds is 8. The van der Waals surface area contributed by atoms with Crippen molar-refractivity contribution >= 4 is 10.0 Å². The molecule has 0 aliphatic rings. The van der Waals surface area contributed by atoms with Gasteiger partial charge in [-0.1, -0.05) is 27.7 Å². The van der Waals surface area contributed by atoms with Gasteiger partial charge in [0, 0.05) is 36.4 Å². The summed E-state index contributed by atoms with van der Waals surface area (Å²) >= 11 is 0. The molecule has 21 heavy (non-hydrogen) atoms. The maximum Gasteiger partial charge on any atom is 0.262 e. The Kier molecular flexibility index (Phi) is 6.37. The van der Waals surface area contributed by atoms with Crippen LogP contribution in [0.25, 0.3) is 0 Å². The van der Waals surface area contributed by atoms with Crippen LogP contribution in [0.3, 0.4) is 0 Å². The summed E-state index contributed by atoms with van der Waals surface area (Å²) in [4.78, 5) is 0. The summed E-state index contributed by atoms with van der Waals surface area (Å²) in [5.41, 5.74) is 1.52. The number of aromatic amines is 1. The SMILES string of the molecule is CCC(C)N(CC)S(=O)(=O)c1n[nH]c(C)c1CNC(C)C. The van der Waals surface area contributed by atoms with Gasteiger partial charge >= 0.3 is 0 Å².